The van der Waals surface area contributed by atoms with Crippen LogP contribution >= 0.6 is 0 Å². The SMILES string of the molecule is COCC(NN1CCCCC1)c1ccc(F)cc1. The Hall–Kier alpha value is -0.970. The molecular weight excluding hydrogens is 231 g/mol. The number of ether oxygens (including phenoxy) is 1. The number of nitrogens with one attached hydrogen (secondary N) is 1. The summed E-state index contributed by atoms with van der Waals surface area (Å²) in [6.07, 6.45) is 3.77. The number of hydrogen-bond donors (Lipinski definition) is 1. The zero-order valence-electron chi connectivity index (χ0n) is 10.9. The van der Waals surface area contributed by atoms with Gasteiger partial charge in [-0.3, -0.25) is 0 Å². The van der Waals surface area contributed by atoms with E-state index in [9.17, 15) is 4.39 Å². The van der Waals surface area contributed by atoms with Gasteiger partial charge in [-0.25, -0.2) is 14.8 Å². The van der Waals surface area contributed by atoms with Crippen LogP contribution in [0.4, 0.5) is 4.39 Å². The summed E-state index contributed by atoms with van der Waals surface area (Å²) in [5.74, 6) is -0.201. The highest BCUT2D eigenvalue weighted by molar-refractivity contribution is 5.19. The van der Waals surface area contributed by atoms with Crippen LogP contribution in [0.15, 0.2) is 24.3 Å². The normalized spacial score (nSPS) is 18.8. The quantitative estimate of drug-likeness (QED) is 0.871. The molecule has 1 aliphatic heterocycles. The fourth-order valence-corrected chi connectivity index (χ4v) is 2.31. The molecule has 18 heavy (non-hydrogen) atoms. The summed E-state index contributed by atoms with van der Waals surface area (Å²) in [6, 6.07) is 6.71. The molecule has 0 radical (unpaired) electrons. The van der Waals surface area contributed by atoms with Crippen LogP contribution in [0.5, 0.6) is 0 Å². The lowest BCUT2D eigenvalue weighted by Gasteiger charge is -2.31. The van der Waals surface area contributed by atoms with E-state index >= 15 is 0 Å². The van der Waals surface area contributed by atoms with Crippen LogP contribution in [-0.2, 0) is 4.74 Å². The van der Waals surface area contributed by atoms with Gasteiger partial charge in [-0.1, -0.05) is 18.6 Å². The predicted octanol–water partition coefficient (Wildman–Crippen LogP) is 2.50. The van der Waals surface area contributed by atoms with E-state index in [4.69, 9.17) is 4.74 Å². The Balaban J connectivity index is 2.00. The first-order valence-electron chi connectivity index (χ1n) is 6.55. The molecule has 0 saturated carbocycles. The van der Waals surface area contributed by atoms with Crippen LogP contribution in [0.3, 0.4) is 0 Å². The molecule has 1 aromatic carbocycles. The fraction of sp³-hybridized carbons (Fsp3) is 0.571. The maximum absolute atomic E-state index is 12.9. The molecule has 1 fully saturated rings. The van der Waals surface area contributed by atoms with Crippen LogP contribution in [0.1, 0.15) is 30.9 Å². The standard InChI is InChI=1S/C14H21FN2O/c1-18-11-14(12-5-7-13(15)8-6-12)16-17-9-3-2-4-10-17/h5-8,14,16H,2-4,9-11H2,1H3. The van der Waals surface area contributed by atoms with Crippen molar-refractivity contribution in [3.05, 3.63) is 35.6 Å². The Labute approximate surface area is 108 Å². The Morgan fingerprint density at radius 3 is 2.50 bits per heavy atom. The van der Waals surface area contributed by atoms with E-state index in [2.05, 4.69) is 10.4 Å². The first-order valence-corrected chi connectivity index (χ1v) is 6.55. The van der Waals surface area contributed by atoms with Crippen LogP contribution < -0.4 is 5.43 Å². The van der Waals surface area contributed by atoms with E-state index in [1.165, 1.54) is 31.4 Å². The van der Waals surface area contributed by atoms with Gasteiger partial charge in [-0.2, -0.15) is 0 Å². The number of rotatable bonds is 5. The summed E-state index contributed by atoms with van der Waals surface area (Å²) in [6.45, 7) is 2.73. The molecule has 1 saturated heterocycles. The molecule has 0 aliphatic carbocycles. The number of benzene rings is 1. The molecule has 1 atom stereocenters. The van der Waals surface area contributed by atoms with Gasteiger partial charge in [-0.05, 0) is 30.5 Å². The summed E-state index contributed by atoms with van der Waals surface area (Å²) < 4.78 is 18.2. The molecule has 2 rings (SSSR count). The van der Waals surface area contributed by atoms with Crippen molar-refractivity contribution in [1.82, 2.24) is 10.4 Å². The fourth-order valence-electron chi connectivity index (χ4n) is 2.31. The van der Waals surface area contributed by atoms with Crippen molar-refractivity contribution in [1.29, 1.82) is 0 Å². The summed E-state index contributed by atoms with van der Waals surface area (Å²) in [5.41, 5.74) is 4.54. The molecule has 0 bridgehead atoms. The number of hydrogen-bond acceptors (Lipinski definition) is 3. The van der Waals surface area contributed by atoms with Crippen molar-refractivity contribution in [2.45, 2.75) is 25.3 Å². The number of methoxy groups -OCH3 is 1. The molecule has 0 spiro atoms. The van der Waals surface area contributed by atoms with Gasteiger partial charge in [0.1, 0.15) is 5.82 Å². The van der Waals surface area contributed by atoms with Crippen LogP contribution in [0.2, 0.25) is 0 Å². The molecule has 100 valence electrons. The lowest BCUT2D eigenvalue weighted by Crippen LogP contribution is -2.44. The number of piperidine rings is 1. The maximum Gasteiger partial charge on any atom is 0.123 e. The first-order chi connectivity index (χ1) is 8.79. The van der Waals surface area contributed by atoms with E-state index in [-0.39, 0.29) is 11.9 Å². The average Bonchev–Trinajstić information content (AvgIpc) is 2.40. The molecule has 1 N–H and O–H groups in total. The number of halogens is 1. The van der Waals surface area contributed by atoms with Gasteiger partial charge in [0.2, 0.25) is 0 Å². The summed E-state index contributed by atoms with van der Waals surface area (Å²) in [5, 5.41) is 2.25. The van der Waals surface area contributed by atoms with E-state index in [0.717, 1.165) is 18.7 Å². The summed E-state index contributed by atoms with van der Waals surface area (Å²) in [7, 11) is 1.69. The highest BCUT2D eigenvalue weighted by Crippen LogP contribution is 2.16. The smallest absolute Gasteiger partial charge is 0.123 e. The lowest BCUT2D eigenvalue weighted by atomic mass is 10.1. The van der Waals surface area contributed by atoms with E-state index in [1.54, 1.807) is 7.11 Å². The zero-order chi connectivity index (χ0) is 12.8. The van der Waals surface area contributed by atoms with Crippen molar-refractivity contribution in [3.8, 4) is 0 Å². The van der Waals surface area contributed by atoms with Gasteiger partial charge in [0.15, 0.2) is 0 Å². The number of hydrazine groups is 1. The minimum atomic E-state index is -0.201. The Morgan fingerprint density at radius 2 is 1.89 bits per heavy atom. The first kappa shape index (κ1) is 13.5. The van der Waals surface area contributed by atoms with Crippen molar-refractivity contribution >= 4 is 0 Å². The number of nitrogens with zero attached hydrogens (tertiary/aromatic N) is 1. The molecule has 0 aromatic heterocycles. The van der Waals surface area contributed by atoms with Gasteiger partial charge < -0.3 is 4.74 Å². The molecule has 1 aromatic rings. The Bertz CT molecular complexity index is 349. The highest BCUT2D eigenvalue weighted by atomic mass is 19.1. The summed E-state index contributed by atoms with van der Waals surface area (Å²) in [4.78, 5) is 0. The third kappa shape index (κ3) is 3.77. The highest BCUT2D eigenvalue weighted by Gasteiger charge is 2.17. The van der Waals surface area contributed by atoms with Crippen molar-refractivity contribution in [2.24, 2.45) is 0 Å². The molecule has 1 heterocycles. The van der Waals surface area contributed by atoms with Crippen molar-refractivity contribution in [3.63, 3.8) is 0 Å². The second kappa shape index (κ2) is 6.83. The average molecular weight is 252 g/mol. The van der Waals surface area contributed by atoms with Crippen LogP contribution in [0, 0.1) is 5.82 Å². The minimum Gasteiger partial charge on any atom is -0.383 e. The molecule has 0 amide bonds. The zero-order valence-corrected chi connectivity index (χ0v) is 10.9. The van der Waals surface area contributed by atoms with E-state index in [1.807, 2.05) is 12.1 Å². The van der Waals surface area contributed by atoms with E-state index in [0.29, 0.717) is 6.61 Å². The molecule has 1 unspecified atom stereocenters. The van der Waals surface area contributed by atoms with Gasteiger partial charge in [0.05, 0.1) is 12.6 Å². The summed E-state index contributed by atoms with van der Waals surface area (Å²) >= 11 is 0. The maximum atomic E-state index is 12.9. The van der Waals surface area contributed by atoms with Gasteiger partial charge in [0.25, 0.3) is 0 Å². The van der Waals surface area contributed by atoms with Crippen LogP contribution in [-0.4, -0.2) is 31.8 Å². The molecule has 1 aliphatic rings. The van der Waals surface area contributed by atoms with Crippen molar-refractivity contribution in [2.75, 3.05) is 26.8 Å². The molecule has 4 heteroatoms. The molecular formula is C14H21FN2O. The second-order valence-corrected chi connectivity index (χ2v) is 4.74. The third-order valence-electron chi connectivity index (χ3n) is 3.30. The van der Waals surface area contributed by atoms with Gasteiger partial charge >= 0.3 is 0 Å². The Kier molecular flexibility index (Phi) is 5.11. The molecule has 3 nitrogen and oxygen atoms in total. The van der Waals surface area contributed by atoms with Gasteiger partial charge in [-0.15, -0.1) is 0 Å². The lowest BCUT2D eigenvalue weighted by molar-refractivity contribution is 0.0829. The topological polar surface area (TPSA) is 24.5 Å². The van der Waals surface area contributed by atoms with Gasteiger partial charge in [0, 0.05) is 20.2 Å². The largest absolute Gasteiger partial charge is 0.383 e. The third-order valence-corrected chi connectivity index (χ3v) is 3.30. The van der Waals surface area contributed by atoms with Crippen molar-refractivity contribution < 1.29 is 9.13 Å². The monoisotopic (exact) mass is 252 g/mol. The predicted molar refractivity (Wildman–Crippen MR) is 69.6 cm³/mol. The second-order valence-electron chi connectivity index (χ2n) is 4.74. The van der Waals surface area contributed by atoms with E-state index < -0.39 is 0 Å². The minimum absolute atomic E-state index is 0.0914. The van der Waals surface area contributed by atoms with Crippen LogP contribution in [0.25, 0.3) is 0 Å². The Morgan fingerprint density at radius 1 is 1.22 bits per heavy atom.